The molecule has 0 aliphatic carbocycles. The summed E-state index contributed by atoms with van der Waals surface area (Å²) in [5.41, 5.74) is 0. The second-order valence-electron chi connectivity index (χ2n) is 4.70. The predicted octanol–water partition coefficient (Wildman–Crippen LogP) is 3.51. The number of hydrogen-bond acceptors (Lipinski definition) is 1. The molecule has 0 spiro atoms. The monoisotopic (exact) mass is 213 g/mol. The van der Waals surface area contributed by atoms with Crippen LogP contribution in [-0.4, -0.2) is 12.5 Å². The molecule has 0 radical (unpaired) electrons. The van der Waals surface area contributed by atoms with Crippen LogP contribution in [0.15, 0.2) is 0 Å². The quantitative estimate of drug-likeness (QED) is 0.583. The highest BCUT2D eigenvalue weighted by molar-refractivity contribution is 5.75. The van der Waals surface area contributed by atoms with Crippen LogP contribution in [0.25, 0.3) is 0 Å². The van der Waals surface area contributed by atoms with Gasteiger partial charge in [0.05, 0.1) is 0 Å². The number of unbranched alkanes of at least 4 members (excludes halogenated alkanes) is 3. The smallest absolute Gasteiger partial charge is 0.219 e. The first-order valence-electron chi connectivity index (χ1n) is 6.43. The first-order valence-corrected chi connectivity index (χ1v) is 6.43. The summed E-state index contributed by atoms with van der Waals surface area (Å²) in [6, 6.07) is 0. The molecule has 0 aliphatic heterocycles. The zero-order chi connectivity index (χ0) is 11.5. The Morgan fingerprint density at radius 2 is 1.80 bits per heavy atom. The molecule has 90 valence electrons. The molecule has 2 nitrogen and oxygen atoms in total. The molecule has 0 unspecified atom stereocenters. The van der Waals surface area contributed by atoms with E-state index in [9.17, 15) is 4.79 Å². The molecule has 0 saturated carbocycles. The van der Waals surface area contributed by atoms with Gasteiger partial charge in [-0.05, 0) is 18.8 Å². The summed E-state index contributed by atoms with van der Waals surface area (Å²) in [6.45, 7) is 7.43. The molecule has 0 aromatic carbocycles. The van der Waals surface area contributed by atoms with Crippen LogP contribution in [0.5, 0.6) is 0 Å². The lowest BCUT2D eigenvalue weighted by molar-refractivity contribution is -0.121. The van der Waals surface area contributed by atoms with Gasteiger partial charge in [-0.25, -0.2) is 0 Å². The molecule has 0 bridgehead atoms. The molecule has 15 heavy (non-hydrogen) atoms. The van der Waals surface area contributed by atoms with Crippen LogP contribution in [0, 0.1) is 5.92 Å². The van der Waals surface area contributed by atoms with Crippen LogP contribution in [0.3, 0.4) is 0 Å². The normalized spacial score (nSPS) is 10.7. The molecule has 0 aromatic heterocycles. The van der Waals surface area contributed by atoms with E-state index in [-0.39, 0.29) is 5.91 Å². The minimum atomic E-state index is 0.208. The highest BCUT2D eigenvalue weighted by Crippen LogP contribution is 2.08. The van der Waals surface area contributed by atoms with Gasteiger partial charge in [0.25, 0.3) is 0 Å². The van der Waals surface area contributed by atoms with E-state index in [2.05, 4.69) is 19.2 Å². The Morgan fingerprint density at radius 1 is 1.13 bits per heavy atom. The van der Waals surface area contributed by atoms with E-state index in [0.717, 1.165) is 25.3 Å². The summed E-state index contributed by atoms with van der Waals surface area (Å²) in [5, 5.41) is 2.94. The molecule has 0 rings (SSSR count). The minimum absolute atomic E-state index is 0.208. The lowest BCUT2D eigenvalue weighted by atomic mass is 10.0. The topological polar surface area (TPSA) is 29.1 Å². The molecule has 2 heteroatoms. The van der Waals surface area contributed by atoms with Crippen LogP contribution in [0.1, 0.15) is 65.7 Å². The Balaban J connectivity index is 3.08. The van der Waals surface area contributed by atoms with Gasteiger partial charge in [0.15, 0.2) is 0 Å². The Hall–Kier alpha value is -0.530. The summed E-state index contributed by atoms with van der Waals surface area (Å²) in [6.07, 6.45) is 7.98. The van der Waals surface area contributed by atoms with Crippen LogP contribution in [0.2, 0.25) is 0 Å². The fraction of sp³-hybridized carbons (Fsp3) is 0.923. The third-order valence-corrected chi connectivity index (χ3v) is 2.51. The van der Waals surface area contributed by atoms with Gasteiger partial charge >= 0.3 is 0 Å². The van der Waals surface area contributed by atoms with Gasteiger partial charge in [0, 0.05) is 13.0 Å². The number of carbonyl (C=O) groups is 1. The van der Waals surface area contributed by atoms with Crippen molar-refractivity contribution in [1.82, 2.24) is 5.32 Å². The largest absolute Gasteiger partial charge is 0.356 e. The maximum absolute atomic E-state index is 11.1. The molecule has 1 amide bonds. The van der Waals surface area contributed by atoms with Crippen LogP contribution in [0.4, 0.5) is 0 Å². The number of carbonyl (C=O) groups excluding carboxylic acids is 1. The third kappa shape index (κ3) is 11.4. The molecule has 0 atom stereocenters. The summed E-state index contributed by atoms with van der Waals surface area (Å²) < 4.78 is 0. The van der Waals surface area contributed by atoms with Crippen molar-refractivity contribution >= 4 is 5.91 Å². The number of hydrogen-bond donors (Lipinski definition) is 1. The highest BCUT2D eigenvalue weighted by atomic mass is 16.1. The average molecular weight is 213 g/mol. The van der Waals surface area contributed by atoms with Gasteiger partial charge in [-0.15, -0.1) is 0 Å². The van der Waals surface area contributed by atoms with Crippen molar-refractivity contribution in [3.05, 3.63) is 0 Å². The molecule has 0 aliphatic rings. The first kappa shape index (κ1) is 14.5. The third-order valence-electron chi connectivity index (χ3n) is 2.51. The number of amides is 1. The first-order chi connectivity index (χ1) is 7.16. The van der Waals surface area contributed by atoms with E-state index < -0.39 is 0 Å². The Kier molecular flexibility index (Phi) is 9.65. The van der Waals surface area contributed by atoms with Gasteiger partial charge in [-0.2, -0.15) is 0 Å². The van der Waals surface area contributed by atoms with Gasteiger partial charge in [0.1, 0.15) is 0 Å². The van der Waals surface area contributed by atoms with E-state index in [4.69, 9.17) is 0 Å². The lowest BCUT2D eigenvalue weighted by Crippen LogP contribution is -2.23. The molecule has 1 N–H and O–H groups in total. The Labute approximate surface area is 94.8 Å². The SMILES string of the molecule is CCCC(=O)NCCCCCCC(C)C. The maximum Gasteiger partial charge on any atom is 0.219 e. The van der Waals surface area contributed by atoms with E-state index in [0.29, 0.717) is 6.42 Å². The minimum Gasteiger partial charge on any atom is -0.356 e. The summed E-state index contributed by atoms with van der Waals surface area (Å²) in [7, 11) is 0. The number of nitrogens with one attached hydrogen (secondary N) is 1. The zero-order valence-electron chi connectivity index (χ0n) is 10.6. The second kappa shape index (κ2) is 10.0. The van der Waals surface area contributed by atoms with E-state index in [1.54, 1.807) is 0 Å². The van der Waals surface area contributed by atoms with Gasteiger partial charge in [-0.3, -0.25) is 4.79 Å². The van der Waals surface area contributed by atoms with Gasteiger partial charge in [0.2, 0.25) is 5.91 Å². The summed E-state index contributed by atoms with van der Waals surface area (Å²) in [5.74, 6) is 1.04. The zero-order valence-corrected chi connectivity index (χ0v) is 10.6. The fourth-order valence-electron chi connectivity index (χ4n) is 1.57. The predicted molar refractivity (Wildman–Crippen MR) is 65.8 cm³/mol. The van der Waals surface area contributed by atoms with Crippen LogP contribution in [-0.2, 0) is 4.79 Å². The van der Waals surface area contributed by atoms with E-state index in [1.165, 1.54) is 25.7 Å². The highest BCUT2D eigenvalue weighted by Gasteiger charge is 1.98. The molecule has 0 fully saturated rings. The lowest BCUT2D eigenvalue weighted by Gasteiger charge is -2.05. The Morgan fingerprint density at radius 3 is 2.40 bits per heavy atom. The van der Waals surface area contributed by atoms with Crippen molar-refractivity contribution in [2.75, 3.05) is 6.54 Å². The van der Waals surface area contributed by atoms with Crippen LogP contribution < -0.4 is 5.32 Å². The maximum atomic E-state index is 11.1. The van der Waals surface area contributed by atoms with Crippen molar-refractivity contribution in [3.8, 4) is 0 Å². The molecule has 0 heterocycles. The van der Waals surface area contributed by atoms with E-state index in [1.807, 2.05) is 6.92 Å². The Bertz CT molecular complexity index is 155. The summed E-state index contributed by atoms with van der Waals surface area (Å²) in [4.78, 5) is 11.1. The molecular weight excluding hydrogens is 186 g/mol. The number of rotatable bonds is 9. The van der Waals surface area contributed by atoms with Crippen molar-refractivity contribution in [1.29, 1.82) is 0 Å². The van der Waals surface area contributed by atoms with E-state index >= 15 is 0 Å². The summed E-state index contributed by atoms with van der Waals surface area (Å²) >= 11 is 0. The average Bonchev–Trinajstić information content (AvgIpc) is 2.16. The van der Waals surface area contributed by atoms with Crippen LogP contribution >= 0.6 is 0 Å². The fourth-order valence-corrected chi connectivity index (χ4v) is 1.57. The molecular formula is C13H27NO. The van der Waals surface area contributed by atoms with Crippen molar-refractivity contribution < 1.29 is 4.79 Å². The second-order valence-corrected chi connectivity index (χ2v) is 4.70. The van der Waals surface area contributed by atoms with Crippen molar-refractivity contribution in [2.24, 2.45) is 5.92 Å². The van der Waals surface area contributed by atoms with Crippen molar-refractivity contribution in [2.45, 2.75) is 65.7 Å². The van der Waals surface area contributed by atoms with Gasteiger partial charge < -0.3 is 5.32 Å². The standard InChI is InChI=1S/C13H27NO/c1-4-9-13(15)14-11-8-6-5-7-10-12(2)3/h12H,4-11H2,1-3H3,(H,14,15). The molecule has 0 saturated heterocycles. The van der Waals surface area contributed by atoms with Crippen molar-refractivity contribution in [3.63, 3.8) is 0 Å². The van der Waals surface area contributed by atoms with Gasteiger partial charge in [-0.1, -0.05) is 46.5 Å². The molecule has 0 aromatic rings.